The molecule has 0 saturated heterocycles. The van der Waals surface area contributed by atoms with Gasteiger partial charge in [0.25, 0.3) is 0 Å². The number of halogens is 1. The predicted octanol–water partition coefficient (Wildman–Crippen LogP) is 1.90. The fourth-order valence-corrected chi connectivity index (χ4v) is 0.960. The van der Waals surface area contributed by atoms with E-state index in [2.05, 4.69) is 12.2 Å². The van der Waals surface area contributed by atoms with Crippen LogP contribution >= 0.6 is 12.4 Å². The first-order valence-electron chi connectivity index (χ1n) is 3.22. The van der Waals surface area contributed by atoms with Crippen molar-refractivity contribution in [2.75, 3.05) is 0 Å². The van der Waals surface area contributed by atoms with Gasteiger partial charge in [-0.3, -0.25) is 0 Å². The zero-order valence-corrected chi connectivity index (χ0v) is 6.23. The van der Waals surface area contributed by atoms with Gasteiger partial charge in [-0.15, -0.1) is 12.4 Å². The van der Waals surface area contributed by atoms with Crippen molar-refractivity contribution < 1.29 is 5.11 Å². The van der Waals surface area contributed by atoms with Gasteiger partial charge in [0.05, 0.1) is 6.10 Å². The Morgan fingerprint density at radius 2 is 2.11 bits per heavy atom. The molecule has 0 aromatic rings. The normalized spacial score (nSPS) is 26.6. The first-order valence-corrected chi connectivity index (χ1v) is 3.22. The van der Waals surface area contributed by atoms with Crippen molar-refractivity contribution in [3.63, 3.8) is 0 Å². The zero-order chi connectivity index (χ0) is 5.82. The number of hydrogen-bond acceptors (Lipinski definition) is 1. The molecule has 1 atom stereocenters. The van der Waals surface area contributed by atoms with Gasteiger partial charge < -0.3 is 5.11 Å². The van der Waals surface area contributed by atoms with Crippen molar-refractivity contribution in [3.8, 4) is 0 Å². The maximum atomic E-state index is 9.04. The van der Waals surface area contributed by atoms with Crippen molar-refractivity contribution in [1.29, 1.82) is 0 Å². The zero-order valence-electron chi connectivity index (χ0n) is 5.42. The van der Waals surface area contributed by atoms with E-state index in [1.54, 1.807) is 0 Å². The molecule has 54 valence electrons. The van der Waals surface area contributed by atoms with Crippen LogP contribution in [-0.4, -0.2) is 11.2 Å². The largest absolute Gasteiger partial charge is 0.393 e. The highest BCUT2D eigenvalue weighted by Crippen LogP contribution is 2.10. The number of aliphatic hydroxyl groups excluding tert-OH is 1. The van der Waals surface area contributed by atoms with Crippen LogP contribution in [0.5, 0.6) is 0 Å². The summed E-state index contributed by atoms with van der Waals surface area (Å²) in [6.07, 6.45) is 8.30. The van der Waals surface area contributed by atoms with Crippen LogP contribution in [0.3, 0.4) is 0 Å². The summed E-state index contributed by atoms with van der Waals surface area (Å²) >= 11 is 0. The minimum absolute atomic E-state index is 0. The molecule has 0 amide bonds. The Kier molecular flexibility index (Phi) is 4.83. The molecule has 9 heavy (non-hydrogen) atoms. The summed E-state index contributed by atoms with van der Waals surface area (Å²) in [5.74, 6) is 0. The van der Waals surface area contributed by atoms with Crippen LogP contribution in [0, 0.1) is 0 Å². The Bertz CT molecular complexity index is 90.9. The number of aliphatic hydroxyl groups is 1. The topological polar surface area (TPSA) is 20.2 Å². The Balaban J connectivity index is 0.000000640. The third-order valence-electron chi connectivity index (χ3n) is 1.48. The van der Waals surface area contributed by atoms with Crippen molar-refractivity contribution in [1.82, 2.24) is 0 Å². The molecule has 1 aliphatic carbocycles. The van der Waals surface area contributed by atoms with Crippen LogP contribution in [0.4, 0.5) is 0 Å². The average Bonchev–Trinajstić information content (AvgIpc) is 1.94. The first kappa shape index (κ1) is 8.99. The summed E-state index contributed by atoms with van der Waals surface area (Å²) in [5.41, 5.74) is 0. The number of allylic oxidation sites excluding steroid dienone is 1. The Morgan fingerprint density at radius 1 is 1.33 bits per heavy atom. The summed E-state index contributed by atoms with van der Waals surface area (Å²) < 4.78 is 0. The molecule has 1 nitrogen and oxygen atoms in total. The van der Waals surface area contributed by atoms with E-state index in [1.165, 1.54) is 0 Å². The molecule has 0 fully saturated rings. The highest BCUT2D eigenvalue weighted by Gasteiger charge is 2.02. The summed E-state index contributed by atoms with van der Waals surface area (Å²) in [5, 5.41) is 9.04. The van der Waals surface area contributed by atoms with Crippen molar-refractivity contribution in [3.05, 3.63) is 12.2 Å². The van der Waals surface area contributed by atoms with Crippen LogP contribution in [-0.2, 0) is 0 Å². The van der Waals surface area contributed by atoms with Gasteiger partial charge in [-0.1, -0.05) is 12.2 Å². The minimum Gasteiger partial charge on any atom is -0.393 e. The molecule has 0 bridgehead atoms. The van der Waals surface area contributed by atoms with E-state index in [0.717, 1.165) is 25.7 Å². The second-order valence-electron chi connectivity index (χ2n) is 2.29. The van der Waals surface area contributed by atoms with Gasteiger partial charge in [-0.05, 0) is 25.7 Å². The third kappa shape index (κ3) is 3.55. The summed E-state index contributed by atoms with van der Waals surface area (Å²) in [4.78, 5) is 0. The Hall–Kier alpha value is -0.0100. The lowest BCUT2D eigenvalue weighted by Crippen LogP contribution is -2.01. The van der Waals surface area contributed by atoms with Gasteiger partial charge in [-0.25, -0.2) is 0 Å². The molecule has 1 aliphatic rings. The molecule has 0 spiro atoms. The molecule has 0 aliphatic heterocycles. The fourth-order valence-electron chi connectivity index (χ4n) is 0.960. The van der Waals surface area contributed by atoms with Gasteiger partial charge in [0.2, 0.25) is 0 Å². The van der Waals surface area contributed by atoms with Gasteiger partial charge in [0.1, 0.15) is 0 Å². The van der Waals surface area contributed by atoms with E-state index in [-0.39, 0.29) is 18.5 Å². The quantitative estimate of drug-likeness (QED) is 0.521. The van der Waals surface area contributed by atoms with Gasteiger partial charge in [0.15, 0.2) is 0 Å². The second kappa shape index (κ2) is 4.83. The minimum atomic E-state index is -0.0613. The van der Waals surface area contributed by atoms with E-state index < -0.39 is 0 Å². The lowest BCUT2D eigenvalue weighted by molar-refractivity contribution is 0.167. The van der Waals surface area contributed by atoms with E-state index in [4.69, 9.17) is 5.11 Å². The summed E-state index contributed by atoms with van der Waals surface area (Å²) in [6.45, 7) is 0. The summed E-state index contributed by atoms with van der Waals surface area (Å²) in [7, 11) is 0. The molecule has 0 aromatic heterocycles. The third-order valence-corrected chi connectivity index (χ3v) is 1.48. The smallest absolute Gasteiger partial charge is 0.0574 e. The second-order valence-corrected chi connectivity index (χ2v) is 2.29. The van der Waals surface area contributed by atoms with E-state index in [9.17, 15) is 0 Å². The highest BCUT2D eigenvalue weighted by molar-refractivity contribution is 5.85. The molecule has 0 heterocycles. The summed E-state index contributed by atoms with van der Waals surface area (Å²) in [6, 6.07) is 0. The van der Waals surface area contributed by atoms with E-state index in [0.29, 0.717) is 0 Å². The predicted molar refractivity (Wildman–Crippen MR) is 40.9 cm³/mol. The Morgan fingerprint density at radius 3 is 2.89 bits per heavy atom. The lowest BCUT2D eigenvalue weighted by atomic mass is 10.2. The lowest BCUT2D eigenvalue weighted by Gasteiger charge is -2.01. The van der Waals surface area contributed by atoms with Crippen molar-refractivity contribution >= 4 is 12.4 Å². The van der Waals surface area contributed by atoms with Crippen molar-refractivity contribution in [2.24, 2.45) is 0 Å². The first-order chi connectivity index (χ1) is 3.89. The van der Waals surface area contributed by atoms with E-state index in [1.807, 2.05) is 0 Å². The molecular formula is C7H13ClO. The molecule has 1 unspecified atom stereocenters. The van der Waals surface area contributed by atoms with Gasteiger partial charge >= 0.3 is 0 Å². The Labute approximate surface area is 62.2 Å². The van der Waals surface area contributed by atoms with Crippen molar-refractivity contribution in [2.45, 2.75) is 31.8 Å². The number of hydrogen-bond donors (Lipinski definition) is 1. The van der Waals surface area contributed by atoms with Crippen LogP contribution in [0.2, 0.25) is 0 Å². The molecule has 1 rings (SSSR count). The van der Waals surface area contributed by atoms with Crippen LogP contribution in [0.25, 0.3) is 0 Å². The standard InChI is InChI=1S/C7H12O.ClH/c8-7-5-3-1-2-4-6-7;/h1,3,7-8H,2,4-6H2;1H. The fraction of sp³-hybridized carbons (Fsp3) is 0.714. The average molecular weight is 149 g/mol. The van der Waals surface area contributed by atoms with Gasteiger partial charge in [-0.2, -0.15) is 0 Å². The molecule has 0 saturated carbocycles. The molecule has 1 N–H and O–H groups in total. The molecule has 0 radical (unpaired) electrons. The molecule has 2 heteroatoms. The maximum Gasteiger partial charge on any atom is 0.0574 e. The van der Waals surface area contributed by atoms with Crippen LogP contribution in [0.1, 0.15) is 25.7 Å². The molecule has 0 aromatic carbocycles. The van der Waals surface area contributed by atoms with E-state index >= 15 is 0 Å². The van der Waals surface area contributed by atoms with Gasteiger partial charge in [0, 0.05) is 0 Å². The highest BCUT2D eigenvalue weighted by atomic mass is 35.5. The number of rotatable bonds is 0. The SMILES string of the molecule is Cl.OC1CC=CCCC1. The van der Waals surface area contributed by atoms with Crippen LogP contribution in [0.15, 0.2) is 12.2 Å². The van der Waals surface area contributed by atoms with Crippen LogP contribution < -0.4 is 0 Å². The maximum absolute atomic E-state index is 9.04. The monoisotopic (exact) mass is 148 g/mol. The molecular weight excluding hydrogens is 136 g/mol.